The number of aromatic nitrogens is 2. The van der Waals surface area contributed by atoms with Crippen LogP contribution in [-0.2, 0) is 17.8 Å². The lowest BCUT2D eigenvalue weighted by Gasteiger charge is -2.21. The summed E-state index contributed by atoms with van der Waals surface area (Å²) >= 11 is 0. The zero-order chi connectivity index (χ0) is 18.9. The summed E-state index contributed by atoms with van der Waals surface area (Å²) in [6.07, 6.45) is 1.79. The summed E-state index contributed by atoms with van der Waals surface area (Å²) in [5, 5.41) is 7.20. The van der Waals surface area contributed by atoms with Crippen molar-refractivity contribution in [1.29, 1.82) is 0 Å². The monoisotopic (exact) mass is 371 g/mol. The van der Waals surface area contributed by atoms with Gasteiger partial charge >= 0.3 is 0 Å². The topological polar surface area (TPSA) is 75.8 Å². The van der Waals surface area contributed by atoms with Gasteiger partial charge in [-0.15, -0.1) is 0 Å². The van der Waals surface area contributed by atoms with E-state index in [9.17, 15) is 0 Å². The van der Waals surface area contributed by atoms with Gasteiger partial charge in [-0.05, 0) is 25.8 Å². The van der Waals surface area contributed by atoms with Crippen molar-refractivity contribution in [1.82, 2.24) is 20.4 Å². The molecule has 1 N–H and O–H groups in total. The molecule has 0 aliphatic carbocycles. The summed E-state index contributed by atoms with van der Waals surface area (Å²) in [6, 6.07) is 10.3. The SMILES string of the molecule is CCNC(=NCCc1nc(C)no1)N1CCC(COCc2ccccc2)C1. The number of rotatable bonds is 8. The molecule has 0 amide bonds. The highest BCUT2D eigenvalue weighted by Gasteiger charge is 2.25. The fourth-order valence-corrected chi connectivity index (χ4v) is 3.20. The van der Waals surface area contributed by atoms with Crippen LogP contribution in [0.5, 0.6) is 0 Å². The smallest absolute Gasteiger partial charge is 0.228 e. The number of benzene rings is 1. The Labute approximate surface area is 160 Å². The minimum absolute atomic E-state index is 0.538. The van der Waals surface area contributed by atoms with Crippen molar-refractivity contribution >= 4 is 5.96 Å². The van der Waals surface area contributed by atoms with Gasteiger partial charge in [0.2, 0.25) is 5.89 Å². The summed E-state index contributed by atoms with van der Waals surface area (Å²) in [4.78, 5) is 11.3. The molecule has 7 heteroatoms. The number of hydrogen-bond donors (Lipinski definition) is 1. The van der Waals surface area contributed by atoms with Crippen LogP contribution in [0.15, 0.2) is 39.8 Å². The summed E-state index contributed by atoms with van der Waals surface area (Å²) in [5.41, 5.74) is 1.22. The molecule has 1 aromatic heterocycles. The largest absolute Gasteiger partial charge is 0.376 e. The molecule has 1 atom stereocenters. The number of nitrogens with one attached hydrogen (secondary N) is 1. The van der Waals surface area contributed by atoms with Crippen LogP contribution in [0.3, 0.4) is 0 Å². The van der Waals surface area contributed by atoms with Gasteiger partial charge in [0, 0.05) is 32.0 Å². The molecule has 1 fully saturated rings. The van der Waals surface area contributed by atoms with E-state index in [0.29, 0.717) is 37.2 Å². The van der Waals surface area contributed by atoms with Crippen LogP contribution < -0.4 is 5.32 Å². The third kappa shape index (κ3) is 6.06. The van der Waals surface area contributed by atoms with Crippen molar-refractivity contribution < 1.29 is 9.26 Å². The van der Waals surface area contributed by atoms with Crippen molar-refractivity contribution in [2.45, 2.75) is 33.3 Å². The first-order valence-electron chi connectivity index (χ1n) is 9.68. The van der Waals surface area contributed by atoms with Crippen molar-refractivity contribution in [3.05, 3.63) is 47.6 Å². The Hall–Kier alpha value is -2.41. The third-order valence-corrected chi connectivity index (χ3v) is 4.54. The summed E-state index contributed by atoms with van der Waals surface area (Å²) in [5.74, 6) is 2.80. The zero-order valence-corrected chi connectivity index (χ0v) is 16.2. The first kappa shape index (κ1) is 19.4. The molecule has 1 unspecified atom stereocenters. The van der Waals surface area contributed by atoms with Gasteiger partial charge in [0.1, 0.15) is 0 Å². The van der Waals surface area contributed by atoms with E-state index in [4.69, 9.17) is 14.3 Å². The van der Waals surface area contributed by atoms with Crippen LogP contribution in [0.2, 0.25) is 0 Å². The molecule has 0 spiro atoms. The fraction of sp³-hybridized carbons (Fsp3) is 0.550. The Balaban J connectivity index is 1.44. The molecule has 1 aliphatic heterocycles. The minimum Gasteiger partial charge on any atom is -0.376 e. The first-order chi connectivity index (χ1) is 13.2. The average molecular weight is 371 g/mol. The van der Waals surface area contributed by atoms with Gasteiger partial charge in [-0.1, -0.05) is 35.5 Å². The molecular formula is C20H29N5O2. The van der Waals surface area contributed by atoms with E-state index >= 15 is 0 Å². The van der Waals surface area contributed by atoms with Gasteiger partial charge in [-0.25, -0.2) is 0 Å². The molecule has 7 nitrogen and oxygen atoms in total. The Morgan fingerprint density at radius 2 is 2.22 bits per heavy atom. The van der Waals surface area contributed by atoms with Crippen LogP contribution in [0.4, 0.5) is 0 Å². The normalized spacial score (nSPS) is 17.5. The molecule has 1 aromatic carbocycles. The fourth-order valence-electron chi connectivity index (χ4n) is 3.20. The molecular weight excluding hydrogens is 342 g/mol. The van der Waals surface area contributed by atoms with Crippen molar-refractivity contribution in [3.63, 3.8) is 0 Å². The second-order valence-corrected chi connectivity index (χ2v) is 6.82. The lowest BCUT2D eigenvalue weighted by molar-refractivity contribution is 0.0907. The van der Waals surface area contributed by atoms with E-state index in [1.807, 2.05) is 25.1 Å². The van der Waals surface area contributed by atoms with E-state index in [0.717, 1.165) is 38.6 Å². The molecule has 0 saturated carbocycles. The minimum atomic E-state index is 0.538. The number of hydrogen-bond acceptors (Lipinski definition) is 5. The van der Waals surface area contributed by atoms with Gasteiger partial charge in [0.25, 0.3) is 0 Å². The second-order valence-electron chi connectivity index (χ2n) is 6.82. The summed E-state index contributed by atoms with van der Waals surface area (Å²) in [7, 11) is 0. The highest BCUT2D eigenvalue weighted by atomic mass is 16.5. The number of nitrogens with zero attached hydrogens (tertiary/aromatic N) is 4. The Morgan fingerprint density at radius 1 is 1.37 bits per heavy atom. The third-order valence-electron chi connectivity index (χ3n) is 4.54. The van der Waals surface area contributed by atoms with E-state index in [-0.39, 0.29) is 0 Å². The molecule has 0 radical (unpaired) electrons. The molecule has 146 valence electrons. The lowest BCUT2D eigenvalue weighted by Crippen LogP contribution is -2.40. The second kappa shape index (κ2) is 10.1. The van der Waals surface area contributed by atoms with Gasteiger partial charge in [-0.3, -0.25) is 4.99 Å². The highest BCUT2D eigenvalue weighted by Crippen LogP contribution is 2.17. The number of ether oxygens (including phenoxy) is 1. The van der Waals surface area contributed by atoms with Crippen molar-refractivity contribution in [3.8, 4) is 0 Å². The van der Waals surface area contributed by atoms with E-state index in [1.165, 1.54) is 5.56 Å². The molecule has 2 heterocycles. The predicted molar refractivity (Wildman–Crippen MR) is 104 cm³/mol. The number of aryl methyl sites for hydroxylation is 1. The van der Waals surface area contributed by atoms with Crippen molar-refractivity contribution in [2.75, 3.05) is 32.8 Å². The number of aliphatic imine (C=N–C) groups is 1. The van der Waals surface area contributed by atoms with Crippen LogP contribution in [0, 0.1) is 12.8 Å². The van der Waals surface area contributed by atoms with Crippen LogP contribution >= 0.6 is 0 Å². The van der Waals surface area contributed by atoms with Crippen LogP contribution in [-0.4, -0.2) is 53.8 Å². The Kier molecular flexibility index (Phi) is 7.21. The quantitative estimate of drug-likeness (QED) is 0.567. The van der Waals surface area contributed by atoms with Gasteiger partial charge in [0.05, 0.1) is 19.8 Å². The zero-order valence-electron chi connectivity index (χ0n) is 16.2. The molecule has 0 bridgehead atoms. The van der Waals surface area contributed by atoms with Gasteiger partial charge in [-0.2, -0.15) is 4.98 Å². The van der Waals surface area contributed by atoms with E-state index in [1.54, 1.807) is 0 Å². The Morgan fingerprint density at radius 3 is 2.96 bits per heavy atom. The number of likely N-dealkylation sites (tertiary alicyclic amines) is 1. The molecule has 2 aromatic rings. The molecule has 27 heavy (non-hydrogen) atoms. The van der Waals surface area contributed by atoms with Crippen LogP contribution in [0.1, 0.15) is 30.6 Å². The predicted octanol–water partition coefficient (Wildman–Crippen LogP) is 2.42. The first-order valence-corrected chi connectivity index (χ1v) is 9.68. The van der Waals surface area contributed by atoms with Gasteiger partial charge in [0.15, 0.2) is 11.8 Å². The molecule has 1 aliphatic rings. The maximum absolute atomic E-state index is 5.92. The maximum Gasteiger partial charge on any atom is 0.228 e. The average Bonchev–Trinajstić information content (AvgIpc) is 3.31. The maximum atomic E-state index is 5.92. The lowest BCUT2D eigenvalue weighted by atomic mass is 10.1. The number of guanidine groups is 1. The van der Waals surface area contributed by atoms with Crippen LogP contribution in [0.25, 0.3) is 0 Å². The van der Waals surface area contributed by atoms with E-state index < -0.39 is 0 Å². The molecule has 1 saturated heterocycles. The standard InChI is InChI=1S/C20H29N5O2/c1-3-21-20(22-11-9-19-23-16(2)24-27-19)25-12-10-18(13-25)15-26-14-17-7-5-4-6-8-17/h4-8,18H,3,9-15H2,1-2H3,(H,21,22). The Bertz CT molecular complexity index is 716. The van der Waals surface area contributed by atoms with E-state index in [2.05, 4.69) is 39.4 Å². The highest BCUT2D eigenvalue weighted by molar-refractivity contribution is 5.80. The van der Waals surface area contributed by atoms with Gasteiger partial charge < -0.3 is 19.5 Å². The van der Waals surface area contributed by atoms with Crippen molar-refractivity contribution in [2.24, 2.45) is 10.9 Å². The summed E-state index contributed by atoms with van der Waals surface area (Å²) < 4.78 is 11.1. The summed E-state index contributed by atoms with van der Waals surface area (Å²) in [6.45, 7) is 8.84. The molecule has 3 rings (SSSR count).